The molecule has 23 nitrogen and oxygen atoms in total. The van der Waals surface area contributed by atoms with E-state index >= 15 is 0 Å². The Morgan fingerprint density at radius 3 is 0.986 bits per heavy atom. The van der Waals surface area contributed by atoms with Crippen LogP contribution in [0.3, 0.4) is 0 Å². The van der Waals surface area contributed by atoms with Crippen molar-refractivity contribution < 1.29 is 17.8 Å². The third-order valence-electron chi connectivity index (χ3n) is 14.9. The van der Waals surface area contributed by atoms with Crippen LogP contribution in [0.2, 0.25) is 0 Å². The highest BCUT2D eigenvalue weighted by atomic mass is 32.1. The number of thiophene rings is 1. The fourth-order valence-electron chi connectivity index (χ4n) is 7.87. The summed E-state index contributed by atoms with van der Waals surface area (Å²) in [4.78, 5) is 24.1. The Morgan fingerprint density at radius 2 is 0.771 bits per heavy atom. The van der Waals surface area contributed by atoms with Crippen LogP contribution in [0.1, 0.15) is 560 Å². The molecule has 804 valence electrons. The summed E-state index contributed by atoms with van der Waals surface area (Å²) in [5.74, 6) is 18.0. The quantitative estimate of drug-likeness (QED) is 0.0819. The molecule has 27 heteroatoms. The first-order valence-electron chi connectivity index (χ1n) is 51.7. The smallest absolute Gasteiger partial charge is 0.229 e. The van der Waals surface area contributed by atoms with Gasteiger partial charge in [0.05, 0.1) is 52.4 Å². The first-order chi connectivity index (χ1) is 64.8. The molecule has 0 aliphatic carbocycles. The molecule has 0 saturated carbocycles. The van der Waals surface area contributed by atoms with Crippen LogP contribution in [0.15, 0.2) is 138 Å². The summed E-state index contributed by atoms with van der Waals surface area (Å²) in [6.07, 6.45) is 14.2. The zero-order valence-corrected chi connectivity index (χ0v) is 102. The maximum absolute atomic E-state index is 5.38. The van der Waals surface area contributed by atoms with E-state index in [2.05, 4.69) is 421 Å². The molecule has 140 heavy (non-hydrogen) atoms. The van der Waals surface area contributed by atoms with Crippen LogP contribution in [-0.4, -0.2) is 94.8 Å². The van der Waals surface area contributed by atoms with Gasteiger partial charge in [0.25, 0.3) is 0 Å². The molecule has 0 aliphatic heterocycles. The number of tetrazole rings is 1. The van der Waals surface area contributed by atoms with Crippen molar-refractivity contribution in [3.05, 3.63) is 198 Å². The fraction of sp³-hybridized carbons (Fsp3) is 0.699. The van der Waals surface area contributed by atoms with E-state index in [-0.39, 0.29) is 0 Å². The number of nitrogens with zero attached hydrogens (tertiary/aromatic N) is 19. The third kappa shape index (κ3) is 88.8. The molecule has 11 aromatic heterocycles. The molecular weight excluding hydrogens is 1820 g/mol. The minimum absolute atomic E-state index is 0.301. The zero-order chi connectivity index (χ0) is 110. The Balaban J connectivity index is -0.000000270. The van der Waals surface area contributed by atoms with Crippen LogP contribution >= 0.6 is 45.5 Å². The molecule has 0 fully saturated rings. The number of benzene rings is 1. The molecular formula is C113H209N19O4S4. The van der Waals surface area contributed by atoms with Gasteiger partial charge in [0, 0.05) is 100 Å². The number of rotatable bonds is 17. The van der Waals surface area contributed by atoms with Crippen molar-refractivity contribution in [2.45, 2.75) is 482 Å². The van der Waals surface area contributed by atoms with Crippen molar-refractivity contribution in [3.8, 4) is 0 Å². The summed E-state index contributed by atoms with van der Waals surface area (Å²) in [6, 6.07) is 19.3. The molecule has 0 unspecified atom stereocenters. The van der Waals surface area contributed by atoms with Crippen molar-refractivity contribution in [2.75, 3.05) is 0 Å². The molecule has 11 heterocycles. The Hall–Kier alpha value is -8.14. The van der Waals surface area contributed by atoms with Crippen molar-refractivity contribution in [2.24, 2.45) is 41.4 Å². The first-order valence-corrected chi connectivity index (χ1v) is 55.1. The van der Waals surface area contributed by atoms with Gasteiger partial charge in [0.1, 0.15) is 17.1 Å². The lowest BCUT2D eigenvalue weighted by Gasteiger charge is -2.10. The lowest BCUT2D eigenvalue weighted by Crippen LogP contribution is -2.08. The van der Waals surface area contributed by atoms with Gasteiger partial charge in [-0.25, -0.2) is 29.3 Å². The molecule has 0 amide bonds. The molecule has 0 saturated heterocycles. The maximum atomic E-state index is 5.38. The van der Waals surface area contributed by atoms with E-state index in [1.54, 1.807) is 52.5 Å². The van der Waals surface area contributed by atoms with E-state index in [1.165, 1.54) is 37.7 Å². The van der Waals surface area contributed by atoms with Crippen LogP contribution in [-0.2, 0) is 0 Å². The molecule has 1 aromatic carbocycles. The Labute approximate surface area is 873 Å². The minimum Gasteiger partial charge on any atom is -0.473 e. The van der Waals surface area contributed by atoms with Gasteiger partial charge in [-0.2, -0.15) is 25.5 Å². The van der Waals surface area contributed by atoms with E-state index in [4.69, 9.17) is 13.4 Å². The molecule has 12 rings (SSSR count). The molecule has 12 aromatic rings. The zero-order valence-electron chi connectivity index (χ0n) is 99.2. The number of hydrogen-bond acceptors (Lipinski definition) is 24. The molecule has 0 spiro atoms. The number of furan rings is 1. The first kappa shape index (κ1) is 145. The fourth-order valence-corrected chi connectivity index (χ4v) is 10.7. The average Bonchev–Trinajstić information content (AvgIpc) is 1.71. The summed E-state index contributed by atoms with van der Waals surface area (Å²) in [5.41, 5.74) is 3.69. The van der Waals surface area contributed by atoms with E-state index in [0.29, 0.717) is 101 Å². The van der Waals surface area contributed by atoms with Gasteiger partial charge in [-0.1, -0.05) is 397 Å². The van der Waals surface area contributed by atoms with E-state index in [1.807, 2.05) is 161 Å². The molecule has 0 N–H and O–H groups in total. The monoisotopic (exact) mass is 2020 g/mol. The van der Waals surface area contributed by atoms with E-state index in [9.17, 15) is 0 Å². The highest BCUT2D eigenvalue weighted by Gasteiger charge is 2.16. The number of thiazole rings is 2. The van der Waals surface area contributed by atoms with Crippen molar-refractivity contribution in [1.82, 2.24) is 94.8 Å². The van der Waals surface area contributed by atoms with Gasteiger partial charge in [0.2, 0.25) is 17.7 Å². The molecule has 0 atom stereocenters. The summed E-state index contributed by atoms with van der Waals surface area (Å²) in [5, 5.41) is 49.4. The number of hydrogen-bond donors (Lipinski definition) is 0. The standard InChI is InChI=1S/C9H15NS.C9H12.2C8H15N3.2C8H14N2O.C8H14N2S.C7H14N4.C6H9NO.C6H9NS.C4H4O.C4H4S.7C4H10/c1-6(2)8-5-10-9(11-8)7(3)4;1-8(2)9-6-4-3-5-7-9;1-6(2)8-5-11(7(3)4)10-9-8;1-6(2)8-5-9-10-11(8)7(3)4;1-5(2)7-9-10-8(11-7)6(3)4;2*1-5(2)7-9-8(6(3)4)11-10-7;1-5(2)7-8-10-11(9-7)6(3)4;2*1-5(2)6-7-3-4-8-6;2*1-2-4-5-3-1;7*1-4(2)3/h5-7H,1-4H3;3-8H,1-2H3;2*5-7H,1-4H3;4*5-6H,1-4H3;2*3-5H,1-2H3;2*1-4H;7*4H,1-3H3. The minimum atomic E-state index is 0.301. The van der Waals surface area contributed by atoms with Crippen LogP contribution in [0.4, 0.5) is 0 Å². The second-order valence-corrected chi connectivity index (χ2v) is 47.2. The number of oxazole rings is 1. The van der Waals surface area contributed by atoms with Crippen LogP contribution < -0.4 is 0 Å². The largest absolute Gasteiger partial charge is 0.473 e. The third-order valence-corrected chi connectivity index (χ3v) is 19.3. The molecule has 0 bridgehead atoms. The topological polar surface area (TPSA) is 274 Å². The Morgan fingerprint density at radius 1 is 0.321 bits per heavy atom. The molecule has 0 radical (unpaired) electrons. The van der Waals surface area contributed by atoms with Gasteiger partial charge in [-0.15, -0.1) is 53.3 Å². The van der Waals surface area contributed by atoms with Crippen LogP contribution in [0.25, 0.3) is 0 Å². The van der Waals surface area contributed by atoms with Crippen molar-refractivity contribution in [1.29, 1.82) is 0 Å². The maximum Gasteiger partial charge on any atom is 0.229 e. The van der Waals surface area contributed by atoms with E-state index < -0.39 is 0 Å². The predicted octanol–water partition coefficient (Wildman–Crippen LogP) is 37.7. The number of aromatic nitrogens is 19. The van der Waals surface area contributed by atoms with Gasteiger partial charge in [-0.05, 0) is 152 Å². The van der Waals surface area contributed by atoms with Gasteiger partial charge < -0.3 is 17.8 Å². The van der Waals surface area contributed by atoms with Gasteiger partial charge >= 0.3 is 0 Å². The van der Waals surface area contributed by atoms with Gasteiger partial charge in [-0.3, -0.25) is 0 Å². The van der Waals surface area contributed by atoms with Gasteiger partial charge in [0.15, 0.2) is 17.5 Å². The summed E-state index contributed by atoms with van der Waals surface area (Å²) < 4.78 is 28.1. The van der Waals surface area contributed by atoms with E-state index in [0.717, 1.165) is 93.2 Å². The van der Waals surface area contributed by atoms with Crippen molar-refractivity contribution in [3.63, 3.8) is 0 Å². The lowest BCUT2D eigenvalue weighted by molar-refractivity contribution is 0.359. The SMILES string of the molecule is CC(C)C.CC(C)C.CC(C)C.CC(C)C.CC(C)C.CC(C)C.CC(C)C.CC(C)c1ccccc1.CC(C)c1cn(C(C)C)nn1.CC(C)c1cnc(C(C)C)s1.CC(C)c1cnnn1C(C)C.CC(C)c1ncco1.CC(C)c1nccs1.CC(C)c1nnc(C(C)C)o1.CC(C)c1nnn(C(C)C)n1.CC(C)c1noc(C(C)C)n1.CC(C)c1nsc(C(C)C)n1.c1ccoc1.c1ccsc1. The predicted molar refractivity (Wildman–Crippen MR) is 609 cm³/mol. The van der Waals surface area contributed by atoms with Crippen LogP contribution in [0.5, 0.6) is 0 Å². The normalized spacial score (nSPS) is 10.5. The van der Waals surface area contributed by atoms with Crippen LogP contribution in [0, 0.1) is 41.4 Å². The van der Waals surface area contributed by atoms with Crippen molar-refractivity contribution >= 4 is 45.5 Å². The second-order valence-electron chi connectivity index (χ2n) is 43.6. The highest BCUT2D eigenvalue weighted by molar-refractivity contribution is 7.11. The highest BCUT2D eigenvalue weighted by Crippen LogP contribution is 2.27. The Bertz CT molecular complexity index is 3740. The lowest BCUT2D eigenvalue weighted by atomic mass is 10.0. The Kier molecular flexibility index (Phi) is 90.5. The second kappa shape index (κ2) is 87.4. The summed E-state index contributed by atoms with van der Waals surface area (Å²) >= 11 is 6.80. The molecule has 0 aliphatic rings. The average molecular weight is 2030 g/mol. The summed E-state index contributed by atoms with van der Waals surface area (Å²) in [7, 11) is 0. The summed E-state index contributed by atoms with van der Waals surface area (Å²) in [6.45, 7) is 117.